The van der Waals surface area contributed by atoms with Crippen molar-refractivity contribution in [2.75, 3.05) is 24.6 Å². The first-order valence-corrected chi connectivity index (χ1v) is 9.97. The molecule has 0 aromatic heterocycles. The van der Waals surface area contributed by atoms with Crippen LogP contribution in [0.2, 0.25) is 0 Å². The zero-order chi connectivity index (χ0) is 16.8. The first kappa shape index (κ1) is 17.3. The van der Waals surface area contributed by atoms with Gasteiger partial charge in [0.1, 0.15) is 0 Å². The molecular formula is C19H25N3OS. The molecule has 0 bridgehead atoms. The molecule has 2 atom stereocenters. The average molecular weight is 343 g/mol. The van der Waals surface area contributed by atoms with Gasteiger partial charge >= 0.3 is 0 Å². The molecule has 1 aromatic rings. The summed E-state index contributed by atoms with van der Waals surface area (Å²) in [6, 6.07) is 13.6. The topological polar surface area (TPSA) is 47.3 Å². The fourth-order valence-corrected chi connectivity index (χ4v) is 4.60. The third-order valence-corrected chi connectivity index (χ3v) is 5.88. The molecule has 1 amide bonds. The number of carbonyl (C=O) groups excluding carboxylic acids is 1. The van der Waals surface area contributed by atoms with Crippen molar-refractivity contribution in [3.63, 3.8) is 0 Å². The Balaban J connectivity index is 1.62. The van der Waals surface area contributed by atoms with Gasteiger partial charge < -0.3 is 4.90 Å². The van der Waals surface area contributed by atoms with Crippen LogP contribution in [0.4, 0.5) is 0 Å². The molecule has 0 spiro atoms. The summed E-state index contributed by atoms with van der Waals surface area (Å²) in [6.45, 7) is 2.99. The highest BCUT2D eigenvalue weighted by Crippen LogP contribution is 2.31. The van der Waals surface area contributed by atoms with E-state index in [0.717, 1.165) is 32.5 Å². The van der Waals surface area contributed by atoms with Crippen molar-refractivity contribution in [2.45, 2.75) is 44.3 Å². The van der Waals surface area contributed by atoms with Crippen molar-refractivity contribution in [3.8, 4) is 6.07 Å². The fourth-order valence-electron chi connectivity index (χ4n) is 4.07. The van der Waals surface area contributed by atoms with E-state index in [1.54, 1.807) is 0 Å². The smallest absolute Gasteiger partial charge is 0.232 e. The molecule has 0 aliphatic carbocycles. The van der Waals surface area contributed by atoms with Gasteiger partial charge in [-0.25, -0.2) is 0 Å². The van der Waals surface area contributed by atoms with Crippen molar-refractivity contribution in [1.29, 1.82) is 5.26 Å². The first-order valence-electron chi connectivity index (χ1n) is 8.81. The van der Waals surface area contributed by atoms with E-state index in [0.29, 0.717) is 23.6 Å². The van der Waals surface area contributed by atoms with Crippen LogP contribution in [0.15, 0.2) is 30.3 Å². The van der Waals surface area contributed by atoms with E-state index in [9.17, 15) is 4.79 Å². The van der Waals surface area contributed by atoms with Gasteiger partial charge in [-0.3, -0.25) is 9.69 Å². The van der Waals surface area contributed by atoms with Gasteiger partial charge in [0.05, 0.1) is 17.6 Å². The SMILES string of the molecule is N#CCSCC(=O)N1CCC[C@H]1[C@@H]1CCCN1Cc1ccccc1. The molecule has 2 aliphatic rings. The number of hydrogen-bond donors (Lipinski definition) is 0. The predicted octanol–water partition coefficient (Wildman–Crippen LogP) is 2.90. The fraction of sp³-hybridized carbons (Fsp3) is 0.579. The number of rotatable bonds is 6. The van der Waals surface area contributed by atoms with E-state index < -0.39 is 0 Å². The number of amides is 1. The van der Waals surface area contributed by atoms with E-state index in [4.69, 9.17) is 5.26 Å². The second-order valence-electron chi connectivity index (χ2n) is 6.61. The molecule has 1 aromatic carbocycles. The van der Waals surface area contributed by atoms with E-state index in [1.165, 1.54) is 30.2 Å². The zero-order valence-corrected chi connectivity index (χ0v) is 14.9. The lowest BCUT2D eigenvalue weighted by molar-refractivity contribution is -0.130. The molecule has 0 radical (unpaired) electrons. The van der Waals surface area contributed by atoms with Gasteiger partial charge in [-0.15, -0.1) is 11.8 Å². The van der Waals surface area contributed by atoms with Crippen LogP contribution in [0, 0.1) is 11.3 Å². The molecule has 0 unspecified atom stereocenters. The number of nitrogens with zero attached hydrogens (tertiary/aromatic N) is 3. The number of carbonyl (C=O) groups is 1. The molecule has 24 heavy (non-hydrogen) atoms. The van der Waals surface area contributed by atoms with Crippen molar-refractivity contribution >= 4 is 17.7 Å². The second-order valence-corrected chi connectivity index (χ2v) is 7.60. The summed E-state index contributed by atoms with van der Waals surface area (Å²) in [5.74, 6) is 1.05. The van der Waals surface area contributed by atoms with Crippen LogP contribution in [-0.2, 0) is 11.3 Å². The molecule has 0 saturated carbocycles. The van der Waals surface area contributed by atoms with Crippen molar-refractivity contribution < 1.29 is 4.79 Å². The largest absolute Gasteiger partial charge is 0.337 e. The lowest BCUT2D eigenvalue weighted by Gasteiger charge is -2.35. The van der Waals surface area contributed by atoms with Gasteiger partial charge in [0, 0.05) is 25.2 Å². The van der Waals surface area contributed by atoms with E-state index in [1.807, 2.05) is 0 Å². The minimum atomic E-state index is 0.212. The van der Waals surface area contributed by atoms with Gasteiger partial charge in [0.2, 0.25) is 5.91 Å². The van der Waals surface area contributed by atoms with Gasteiger partial charge in [-0.1, -0.05) is 30.3 Å². The number of hydrogen-bond acceptors (Lipinski definition) is 4. The Bertz CT molecular complexity index is 586. The third kappa shape index (κ3) is 4.12. The number of nitriles is 1. The highest BCUT2D eigenvalue weighted by Gasteiger charge is 2.39. The molecule has 2 aliphatic heterocycles. The first-order chi connectivity index (χ1) is 11.8. The summed E-state index contributed by atoms with van der Waals surface area (Å²) in [6.07, 6.45) is 4.63. The van der Waals surface area contributed by atoms with Crippen LogP contribution < -0.4 is 0 Å². The molecule has 128 valence electrons. The highest BCUT2D eigenvalue weighted by molar-refractivity contribution is 8.00. The minimum Gasteiger partial charge on any atom is -0.337 e. The van der Waals surface area contributed by atoms with Crippen LogP contribution in [0.5, 0.6) is 0 Å². The van der Waals surface area contributed by atoms with Crippen molar-refractivity contribution in [2.24, 2.45) is 0 Å². The predicted molar refractivity (Wildman–Crippen MR) is 97.5 cm³/mol. The van der Waals surface area contributed by atoms with Crippen LogP contribution in [0.25, 0.3) is 0 Å². The maximum atomic E-state index is 12.5. The Labute approximate surface area is 148 Å². The number of likely N-dealkylation sites (tertiary alicyclic amines) is 2. The van der Waals surface area contributed by atoms with Crippen LogP contribution >= 0.6 is 11.8 Å². The van der Waals surface area contributed by atoms with Crippen molar-refractivity contribution in [1.82, 2.24) is 9.80 Å². The maximum Gasteiger partial charge on any atom is 0.232 e. The highest BCUT2D eigenvalue weighted by atomic mass is 32.2. The van der Waals surface area contributed by atoms with Crippen LogP contribution in [-0.4, -0.2) is 52.4 Å². The molecule has 0 N–H and O–H groups in total. The van der Waals surface area contributed by atoms with Gasteiger partial charge in [-0.05, 0) is 37.8 Å². The molecular weight excluding hydrogens is 318 g/mol. The molecule has 2 saturated heterocycles. The van der Waals surface area contributed by atoms with Crippen LogP contribution in [0.1, 0.15) is 31.2 Å². The minimum absolute atomic E-state index is 0.212. The maximum absolute atomic E-state index is 12.5. The Morgan fingerprint density at radius 1 is 1.17 bits per heavy atom. The summed E-state index contributed by atoms with van der Waals surface area (Å²) < 4.78 is 0. The average Bonchev–Trinajstić information content (AvgIpc) is 3.24. The molecule has 3 rings (SSSR count). The van der Waals surface area contributed by atoms with E-state index in [2.05, 4.69) is 46.2 Å². The van der Waals surface area contributed by atoms with E-state index >= 15 is 0 Å². The second kappa shape index (κ2) is 8.55. The molecule has 2 fully saturated rings. The summed E-state index contributed by atoms with van der Waals surface area (Å²) in [5.41, 5.74) is 1.35. The Hall–Kier alpha value is -1.51. The van der Waals surface area contributed by atoms with E-state index in [-0.39, 0.29) is 5.91 Å². The standard InChI is InChI=1S/C19H25N3OS/c20-10-13-24-15-19(23)22-12-5-9-18(22)17-8-4-11-21(17)14-16-6-2-1-3-7-16/h1-3,6-7,17-18H,4-5,8-9,11-15H2/t17-,18-/m0/s1. The normalized spacial score (nSPS) is 24.2. The summed E-state index contributed by atoms with van der Waals surface area (Å²) in [7, 11) is 0. The third-order valence-electron chi connectivity index (χ3n) is 5.10. The quantitative estimate of drug-likeness (QED) is 0.745. The van der Waals surface area contributed by atoms with Gasteiger partial charge in [0.25, 0.3) is 0 Å². The Kier molecular flexibility index (Phi) is 6.17. The molecule has 2 heterocycles. The summed E-state index contributed by atoms with van der Waals surface area (Å²) >= 11 is 1.43. The van der Waals surface area contributed by atoms with Gasteiger partial charge in [-0.2, -0.15) is 5.26 Å². The molecule has 4 nitrogen and oxygen atoms in total. The van der Waals surface area contributed by atoms with Gasteiger partial charge in [0.15, 0.2) is 0 Å². The van der Waals surface area contributed by atoms with Crippen molar-refractivity contribution in [3.05, 3.63) is 35.9 Å². The molecule has 5 heteroatoms. The Morgan fingerprint density at radius 2 is 1.92 bits per heavy atom. The van der Waals surface area contributed by atoms with Crippen LogP contribution in [0.3, 0.4) is 0 Å². The lowest BCUT2D eigenvalue weighted by Crippen LogP contribution is -2.48. The number of thioether (sulfide) groups is 1. The number of benzene rings is 1. The monoisotopic (exact) mass is 343 g/mol. The summed E-state index contributed by atoms with van der Waals surface area (Å²) in [5, 5.41) is 8.64. The zero-order valence-electron chi connectivity index (χ0n) is 14.1. The lowest BCUT2D eigenvalue weighted by atomic mass is 10.0. The Morgan fingerprint density at radius 3 is 2.71 bits per heavy atom. The summed E-state index contributed by atoms with van der Waals surface area (Å²) in [4.78, 5) is 17.2.